The van der Waals surface area contributed by atoms with Crippen molar-refractivity contribution in [3.05, 3.63) is 64.2 Å². The van der Waals surface area contributed by atoms with Gasteiger partial charge in [-0.25, -0.2) is 13.6 Å². The van der Waals surface area contributed by atoms with Crippen molar-refractivity contribution in [1.29, 1.82) is 0 Å². The van der Waals surface area contributed by atoms with Gasteiger partial charge < -0.3 is 10.2 Å². The minimum atomic E-state index is -4.03. The van der Waals surface area contributed by atoms with Gasteiger partial charge in [-0.1, -0.05) is 37.3 Å². The predicted octanol–water partition coefficient (Wildman–Crippen LogP) is 3.88. The van der Waals surface area contributed by atoms with Crippen molar-refractivity contribution >= 4 is 21.4 Å². The number of nitrogens with two attached hydrogens (primary N) is 1. The van der Waals surface area contributed by atoms with E-state index in [2.05, 4.69) is 29.3 Å². The van der Waals surface area contributed by atoms with Gasteiger partial charge in [-0.05, 0) is 76.4 Å². The van der Waals surface area contributed by atoms with Gasteiger partial charge in [-0.2, -0.15) is 0 Å². The number of hydrogen-bond donors (Lipinski definition) is 2. The highest BCUT2D eigenvalue weighted by Gasteiger charge is 2.26. The zero-order valence-electron chi connectivity index (χ0n) is 19.2. The summed E-state index contributed by atoms with van der Waals surface area (Å²) >= 11 is 0. The Morgan fingerprint density at radius 3 is 2.31 bits per heavy atom. The highest BCUT2D eigenvalue weighted by atomic mass is 32.2. The molecule has 0 aliphatic rings. The molecule has 0 saturated heterocycles. The molecule has 176 valence electrons. The molecule has 8 nitrogen and oxygen atoms in total. The molecular formula is C23H34N4O4S. The number of hydrogen-bond acceptors (Lipinski definition) is 6. The molecule has 3 N–H and O–H groups in total. The first kappa shape index (κ1) is 25.8. The largest absolute Gasteiger partial charge is 0.377 e. The predicted molar refractivity (Wildman–Crippen MR) is 128 cm³/mol. The van der Waals surface area contributed by atoms with Crippen LogP contribution in [0.15, 0.2) is 53.4 Å². The maximum Gasteiger partial charge on any atom is 0.293 e. The van der Waals surface area contributed by atoms with Crippen LogP contribution in [0.5, 0.6) is 0 Å². The zero-order valence-corrected chi connectivity index (χ0v) is 20.0. The number of nitro groups is 1. The average molecular weight is 463 g/mol. The third-order valence-corrected chi connectivity index (χ3v) is 6.80. The lowest BCUT2D eigenvalue weighted by molar-refractivity contribution is -0.384. The van der Waals surface area contributed by atoms with E-state index in [0.717, 1.165) is 31.9 Å². The van der Waals surface area contributed by atoms with Crippen LogP contribution in [-0.2, 0) is 16.4 Å². The van der Waals surface area contributed by atoms with Gasteiger partial charge in [0.2, 0.25) is 10.0 Å². The molecule has 0 amide bonds. The molecule has 2 unspecified atom stereocenters. The topological polar surface area (TPSA) is 119 Å². The van der Waals surface area contributed by atoms with Crippen LogP contribution in [0.4, 0.5) is 11.4 Å². The van der Waals surface area contributed by atoms with E-state index in [1.165, 1.54) is 17.7 Å². The van der Waals surface area contributed by atoms with Crippen LogP contribution >= 0.6 is 0 Å². The third-order valence-electron chi connectivity index (χ3n) is 5.89. The van der Waals surface area contributed by atoms with Gasteiger partial charge in [0.15, 0.2) is 0 Å². The second-order valence-corrected chi connectivity index (χ2v) is 10.2. The van der Waals surface area contributed by atoms with Gasteiger partial charge >= 0.3 is 0 Å². The smallest absolute Gasteiger partial charge is 0.293 e. The van der Waals surface area contributed by atoms with Crippen molar-refractivity contribution < 1.29 is 13.3 Å². The molecule has 0 spiro atoms. The maximum atomic E-state index is 11.6. The Kier molecular flexibility index (Phi) is 9.18. The molecule has 0 bridgehead atoms. The Morgan fingerprint density at radius 2 is 1.75 bits per heavy atom. The lowest BCUT2D eigenvalue weighted by Crippen LogP contribution is -2.33. The number of benzene rings is 2. The number of aryl methyl sites for hydroxylation is 1. The molecule has 0 heterocycles. The third kappa shape index (κ3) is 7.58. The van der Waals surface area contributed by atoms with Gasteiger partial charge in [0, 0.05) is 12.1 Å². The van der Waals surface area contributed by atoms with Crippen molar-refractivity contribution in [2.24, 2.45) is 17.0 Å². The number of nitro benzene ring substituents is 1. The molecule has 0 fully saturated rings. The summed E-state index contributed by atoms with van der Waals surface area (Å²) in [5, 5.41) is 20.0. The average Bonchev–Trinajstić information content (AvgIpc) is 2.72. The Labute approximate surface area is 191 Å². The Morgan fingerprint density at radius 1 is 1.09 bits per heavy atom. The van der Waals surface area contributed by atoms with Crippen molar-refractivity contribution in [3.8, 4) is 0 Å². The van der Waals surface area contributed by atoms with E-state index in [4.69, 9.17) is 5.14 Å². The Balaban J connectivity index is 2.25. The maximum absolute atomic E-state index is 11.6. The first-order valence-electron chi connectivity index (χ1n) is 10.8. The Bertz CT molecular complexity index is 996. The van der Waals surface area contributed by atoms with E-state index < -0.39 is 14.9 Å². The van der Waals surface area contributed by atoms with Crippen LogP contribution in [0.3, 0.4) is 0 Å². The summed E-state index contributed by atoms with van der Waals surface area (Å²) < 4.78 is 23.2. The molecule has 0 saturated carbocycles. The lowest BCUT2D eigenvalue weighted by Gasteiger charge is -2.32. The molecule has 3 atom stereocenters. The van der Waals surface area contributed by atoms with Crippen LogP contribution in [0.25, 0.3) is 0 Å². The van der Waals surface area contributed by atoms with Gasteiger partial charge in [0.25, 0.3) is 5.69 Å². The normalized spacial score (nSPS) is 14.7. The second kappa shape index (κ2) is 11.4. The standard InChI is InChI=1S/C23H34N4O4S/c1-17(14-15-26(3)4)21(12-10-19-8-6-5-7-9-19)18(2)25-22-13-11-20(32(24,30)31)16-23(22)27(28)29/h5-9,11,13,16-18,21,25H,10,12,14-15H2,1-4H3,(H2,24,30,31)/t17?,18?,21-/m0/s1. The first-order chi connectivity index (χ1) is 15.0. The molecular weight excluding hydrogens is 428 g/mol. The van der Waals surface area contributed by atoms with Crippen molar-refractivity contribution in [1.82, 2.24) is 4.90 Å². The van der Waals surface area contributed by atoms with Gasteiger partial charge in [-0.15, -0.1) is 0 Å². The number of anilines is 1. The van der Waals surface area contributed by atoms with Crippen LogP contribution in [0.2, 0.25) is 0 Å². The SMILES string of the molecule is CC(CCN(C)C)[C@H](CCc1ccccc1)C(C)Nc1ccc(S(N)(=O)=O)cc1[N+](=O)[O-]. The van der Waals surface area contributed by atoms with Gasteiger partial charge in [0.05, 0.1) is 9.82 Å². The summed E-state index contributed by atoms with van der Waals surface area (Å²) in [6.45, 7) is 5.20. The molecule has 9 heteroatoms. The minimum absolute atomic E-state index is 0.0603. The molecule has 0 aliphatic heterocycles. The summed E-state index contributed by atoms with van der Waals surface area (Å²) in [7, 11) is 0.0654. The molecule has 32 heavy (non-hydrogen) atoms. The fourth-order valence-electron chi connectivity index (χ4n) is 4.00. The van der Waals surface area contributed by atoms with Crippen LogP contribution in [-0.4, -0.2) is 44.9 Å². The van der Waals surface area contributed by atoms with Crippen LogP contribution < -0.4 is 10.5 Å². The fourth-order valence-corrected chi connectivity index (χ4v) is 4.53. The van der Waals surface area contributed by atoms with Crippen molar-refractivity contribution in [3.63, 3.8) is 0 Å². The molecule has 0 aromatic heterocycles. The quantitative estimate of drug-likeness (QED) is 0.365. The summed E-state index contributed by atoms with van der Waals surface area (Å²) in [4.78, 5) is 12.9. The lowest BCUT2D eigenvalue weighted by atomic mass is 9.81. The number of nitrogens with one attached hydrogen (secondary N) is 1. The van der Waals surface area contributed by atoms with E-state index in [-0.39, 0.29) is 22.5 Å². The van der Waals surface area contributed by atoms with E-state index >= 15 is 0 Å². The van der Waals surface area contributed by atoms with Gasteiger partial charge in [0.1, 0.15) is 5.69 Å². The van der Waals surface area contributed by atoms with E-state index in [1.54, 1.807) is 0 Å². The molecule has 2 aromatic rings. The highest BCUT2D eigenvalue weighted by molar-refractivity contribution is 7.89. The van der Waals surface area contributed by atoms with Crippen LogP contribution in [0, 0.1) is 22.0 Å². The monoisotopic (exact) mass is 462 g/mol. The van der Waals surface area contributed by atoms with Crippen LogP contribution in [0.1, 0.15) is 32.3 Å². The highest BCUT2D eigenvalue weighted by Crippen LogP contribution is 2.32. The number of primary sulfonamides is 1. The summed E-state index contributed by atoms with van der Waals surface area (Å²) in [6.07, 6.45) is 2.84. The molecule has 2 rings (SSSR count). The van der Waals surface area contributed by atoms with E-state index in [9.17, 15) is 18.5 Å². The number of rotatable bonds is 12. The molecule has 0 aliphatic carbocycles. The van der Waals surface area contributed by atoms with Crippen molar-refractivity contribution in [2.45, 2.75) is 44.0 Å². The second-order valence-electron chi connectivity index (χ2n) is 8.67. The van der Waals surface area contributed by atoms with E-state index in [1.807, 2.05) is 39.2 Å². The summed E-state index contributed by atoms with van der Waals surface area (Å²) in [5.74, 6) is 0.638. The first-order valence-corrected chi connectivity index (χ1v) is 12.3. The summed E-state index contributed by atoms with van der Waals surface area (Å²) in [5.41, 5.74) is 1.25. The molecule has 2 aromatic carbocycles. The zero-order chi connectivity index (χ0) is 23.9. The Hall–Kier alpha value is -2.49. The number of nitrogens with zero attached hydrogens (tertiary/aromatic N) is 2. The summed E-state index contributed by atoms with van der Waals surface area (Å²) in [6, 6.07) is 13.9. The van der Waals surface area contributed by atoms with E-state index in [0.29, 0.717) is 11.6 Å². The minimum Gasteiger partial charge on any atom is -0.377 e. The number of sulfonamides is 1. The fraction of sp³-hybridized carbons (Fsp3) is 0.478. The van der Waals surface area contributed by atoms with Gasteiger partial charge in [-0.3, -0.25) is 10.1 Å². The van der Waals surface area contributed by atoms with Crippen molar-refractivity contribution in [2.75, 3.05) is 26.0 Å². The molecule has 0 radical (unpaired) electrons.